The summed E-state index contributed by atoms with van der Waals surface area (Å²) in [6.45, 7) is 3.14. The molecule has 1 saturated heterocycles. The van der Waals surface area contributed by atoms with E-state index >= 15 is 0 Å². The number of nitrogens with two attached hydrogens (primary N) is 1. The van der Waals surface area contributed by atoms with Gasteiger partial charge in [0.05, 0.1) is 19.1 Å². The van der Waals surface area contributed by atoms with Gasteiger partial charge in [-0.1, -0.05) is 0 Å². The van der Waals surface area contributed by atoms with Crippen molar-refractivity contribution in [2.75, 3.05) is 19.6 Å². The van der Waals surface area contributed by atoms with Crippen molar-refractivity contribution in [1.82, 2.24) is 15.5 Å². The maximum Gasteiger partial charge on any atom is 0.243 e. The summed E-state index contributed by atoms with van der Waals surface area (Å²) in [4.78, 5) is 47.5. The summed E-state index contributed by atoms with van der Waals surface area (Å²) in [6.07, 6.45) is 1.28. The molecule has 0 bridgehead atoms. The highest BCUT2D eigenvalue weighted by Crippen LogP contribution is 2.18. The second-order valence-electron chi connectivity index (χ2n) is 5.17. The lowest BCUT2D eigenvalue weighted by atomic mass is 10.2. The fourth-order valence-electron chi connectivity index (χ4n) is 2.14. The minimum atomic E-state index is -0.655. The van der Waals surface area contributed by atoms with Crippen LogP contribution in [0.1, 0.15) is 26.7 Å². The molecule has 0 aliphatic carbocycles. The fraction of sp³-hybridized carbons (Fsp3) is 0.692. The van der Waals surface area contributed by atoms with Gasteiger partial charge in [-0.15, -0.1) is 0 Å². The lowest BCUT2D eigenvalue weighted by Crippen LogP contribution is -2.51. The summed E-state index contributed by atoms with van der Waals surface area (Å²) < 4.78 is 0. The van der Waals surface area contributed by atoms with Crippen LogP contribution in [0.3, 0.4) is 0 Å². The second kappa shape index (κ2) is 7.72. The Hall–Kier alpha value is -1.96. The third-order valence-electron chi connectivity index (χ3n) is 3.19. The number of hydrogen-bond donors (Lipinski definition) is 3. The van der Waals surface area contributed by atoms with Gasteiger partial charge in [0.1, 0.15) is 11.8 Å². The zero-order valence-electron chi connectivity index (χ0n) is 12.3. The van der Waals surface area contributed by atoms with Gasteiger partial charge in [0.15, 0.2) is 0 Å². The normalized spacial score (nSPS) is 19.0. The van der Waals surface area contributed by atoms with E-state index in [0.717, 1.165) is 6.42 Å². The summed E-state index contributed by atoms with van der Waals surface area (Å²) >= 11 is 0. The number of ketones is 1. The highest BCUT2D eigenvalue weighted by molar-refractivity contribution is 5.92. The predicted molar refractivity (Wildman–Crippen MR) is 75.1 cm³/mol. The molecule has 8 heteroatoms. The molecule has 3 amide bonds. The van der Waals surface area contributed by atoms with Gasteiger partial charge in [0, 0.05) is 6.54 Å². The van der Waals surface area contributed by atoms with Crippen LogP contribution in [0.15, 0.2) is 0 Å². The monoisotopic (exact) mass is 298 g/mol. The van der Waals surface area contributed by atoms with E-state index in [9.17, 15) is 19.2 Å². The average molecular weight is 298 g/mol. The molecular formula is C13H22N4O4. The average Bonchev–Trinajstić information content (AvgIpc) is 2.90. The predicted octanol–water partition coefficient (Wildman–Crippen LogP) is -1.85. The van der Waals surface area contributed by atoms with Crippen molar-refractivity contribution in [3.05, 3.63) is 0 Å². The standard InChI is InChI=1S/C13H22N4O4/c1-8(18)6-15-11(19)7-16-12(20)10-4-3-5-17(10)13(21)9(2)14/h9-10H,3-7,14H2,1-2H3,(H,15,19)(H,16,20). The van der Waals surface area contributed by atoms with Crippen molar-refractivity contribution >= 4 is 23.5 Å². The maximum atomic E-state index is 12.0. The SMILES string of the molecule is CC(=O)CNC(=O)CNC(=O)C1CCCN1C(=O)C(C)N. The first-order valence-electron chi connectivity index (χ1n) is 6.93. The lowest BCUT2D eigenvalue weighted by Gasteiger charge is -2.25. The van der Waals surface area contributed by atoms with Crippen LogP contribution < -0.4 is 16.4 Å². The molecule has 0 radical (unpaired) electrons. The first kappa shape index (κ1) is 17.1. The van der Waals surface area contributed by atoms with Gasteiger partial charge in [-0.2, -0.15) is 0 Å². The number of hydrogen-bond acceptors (Lipinski definition) is 5. The maximum absolute atomic E-state index is 12.0. The van der Waals surface area contributed by atoms with Gasteiger partial charge in [0.2, 0.25) is 17.7 Å². The van der Waals surface area contributed by atoms with E-state index in [0.29, 0.717) is 13.0 Å². The molecule has 1 rings (SSSR count). The Morgan fingerprint density at radius 1 is 1.24 bits per heavy atom. The number of amides is 3. The Morgan fingerprint density at radius 2 is 1.90 bits per heavy atom. The van der Waals surface area contributed by atoms with Crippen molar-refractivity contribution in [3.8, 4) is 0 Å². The number of likely N-dealkylation sites (tertiary alicyclic amines) is 1. The summed E-state index contributed by atoms with van der Waals surface area (Å²) in [5, 5.41) is 4.85. The van der Waals surface area contributed by atoms with Crippen LogP contribution in [0.25, 0.3) is 0 Å². The quantitative estimate of drug-likeness (QED) is 0.531. The zero-order chi connectivity index (χ0) is 16.0. The molecule has 2 unspecified atom stereocenters. The molecule has 118 valence electrons. The molecule has 0 saturated carbocycles. The Labute approximate surface area is 123 Å². The van der Waals surface area contributed by atoms with Crippen LogP contribution in [0, 0.1) is 0 Å². The molecule has 21 heavy (non-hydrogen) atoms. The van der Waals surface area contributed by atoms with Gasteiger partial charge < -0.3 is 21.3 Å². The van der Waals surface area contributed by atoms with Crippen molar-refractivity contribution in [1.29, 1.82) is 0 Å². The van der Waals surface area contributed by atoms with E-state index in [1.807, 2.05) is 0 Å². The third-order valence-corrected chi connectivity index (χ3v) is 3.19. The van der Waals surface area contributed by atoms with Gasteiger partial charge in [-0.05, 0) is 26.7 Å². The summed E-state index contributed by atoms with van der Waals surface area (Å²) in [7, 11) is 0. The van der Waals surface area contributed by atoms with Gasteiger partial charge >= 0.3 is 0 Å². The summed E-state index contributed by atoms with van der Waals surface area (Å²) in [5.74, 6) is -1.26. The number of rotatable bonds is 6. The molecule has 4 N–H and O–H groups in total. The first-order valence-corrected chi connectivity index (χ1v) is 6.93. The molecule has 8 nitrogen and oxygen atoms in total. The van der Waals surface area contributed by atoms with Crippen molar-refractivity contribution in [2.45, 2.75) is 38.8 Å². The fourth-order valence-corrected chi connectivity index (χ4v) is 2.14. The van der Waals surface area contributed by atoms with E-state index in [4.69, 9.17) is 5.73 Å². The third kappa shape index (κ3) is 5.14. The molecule has 0 aromatic carbocycles. The smallest absolute Gasteiger partial charge is 0.243 e. The zero-order valence-corrected chi connectivity index (χ0v) is 12.3. The molecule has 0 spiro atoms. The number of Topliss-reactive ketones (excluding diaryl/α,β-unsaturated/α-hetero) is 1. The highest BCUT2D eigenvalue weighted by atomic mass is 16.2. The van der Waals surface area contributed by atoms with E-state index in [2.05, 4.69) is 10.6 Å². The second-order valence-corrected chi connectivity index (χ2v) is 5.17. The lowest BCUT2D eigenvalue weighted by molar-refractivity contribution is -0.139. The summed E-state index contributed by atoms with van der Waals surface area (Å²) in [5.41, 5.74) is 5.55. The Balaban J connectivity index is 2.45. The van der Waals surface area contributed by atoms with Crippen LogP contribution in [0.2, 0.25) is 0 Å². The summed E-state index contributed by atoms with van der Waals surface area (Å²) in [6, 6.07) is -1.23. The van der Waals surface area contributed by atoms with Crippen molar-refractivity contribution in [2.24, 2.45) is 5.73 Å². The van der Waals surface area contributed by atoms with Crippen LogP contribution in [-0.4, -0.2) is 60.1 Å². The van der Waals surface area contributed by atoms with E-state index in [-0.39, 0.29) is 30.7 Å². The Morgan fingerprint density at radius 3 is 2.48 bits per heavy atom. The van der Waals surface area contributed by atoms with Crippen LogP contribution in [-0.2, 0) is 19.2 Å². The van der Waals surface area contributed by atoms with E-state index < -0.39 is 18.0 Å². The van der Waals surface area contributed by atoms with E-state index in [1.54, 1.807) is 6.92 Å². The largest absolute Gasteiger partial charge is 0.348 e. The van der Waals surface area contributed by atoms with Crippen LogP contribution in [0.4, 0.5) is 0 Å². The number of nitrogens with one attached hydrogen (secondary N) is 2. The molecule has 0 aromatic rings. The van der Waals surface area contributed by atoms with Crippen molar-refractivity contribution < 1.29 is 19.2 Å². The molecule has 1 fully saturated rings. The molecule has 0 aromatic heterocycles. The van der Waals surface area contributed by atoms with Gasteiger partial charge in [-0.3, -0.25) is 19.2 Å². The number of carbonyl (C=O) groups is 4. The molecular weight excluding hydrogens is 276 g/mol. The van der Waals surface area contributed by atoms with Gasteiger partial charge in [0.25, 0.3) is 0 Å². The van der Waals surface area contributed by atoms with Crippen LogP contribution >= 0.6 is 0 Å². The first-order chi connectivity index (χ1) is 9.82. The number of carbonyl (C=O) groups excluding carboxylic acids is 4. The molecule has 1 heterocycles. The van der Waals surface area contributed by atoms with Crippen molar-refractivity contribution in [3.63, 3.8) is 0 Å². The van der Waals surface area contributed by atoms with Gasteiger partial charge in [-0.25, -0.2) is 0 Å². The highest BCUT2D eigenvalue weighted by Gasteiger charge is 2.35. The van der Waals surface area contributed by atoms with Crippen LogP contribution in [0.5, 0.6) is 0 Å². The molecule has 2 atom stereocenters. The Bertz CT molecular complexity index is 436. The Kier molecular flexibility index (Phi) is 6.29. The molecule has 1 aliphatic heterocycles. The topological polar surface area (TPSA) is 122 Å². The minimum Gasteiger partial charge on any atom is -0.348 e. The number of nitrogens with zero attached hydrogens (tertiary/aromatic N) is 1. The molecule has 1 aliphatic rings. The minimum absolute atomic E-state index is 0.0621. The van der Waals surface area contributed by atoms with E-state index in [1.165, 1.54) is 11.8 Å².